The lowest BCUT2D eigenvalue weighted by Crippen LogP contribution is -1.85. The van der Waals surface area contributed by atoms with Crippen LogP contribution in [0.1, 0.15) is 5.56 Å². The van der Waals surface area contributed by atoms with Crippen LogP contribution in [0.5, 0.6) is 0 Å². The monoisotopic (exact) mass is 376 g/mol. The van der Waals surface area contributed by atoms with Gasteiger partial charge >= 0.3 is 11.7 Å². The van der Waals surface area contributed by atoms with Gasteiger partial charge in [0.05, 0.1) is 11.4 Å². The second kappa shape index (κ2) is 7.55. The summed E-state index contributed by atoms with van der Waals surface area (Å²) in [5.74, 6) is 0.857. The highest BCUT2D eigenvalue weighted by Gasteiger charge is 2.15. The van der Waals surface area contributed by atoms with Crippen LogP contribution in [0.3, 0.4) is 0 Å². The van der Waals surface area contributed by atoms with Crippen molar-refractivity contribution in [2.75, 3.05) is 0 Å². The number of H-pyrrole nitrogens is 1. The number of aromatic nitrogens is 3. The van der Waals surface area contributed by atoms with Gasteiger partial charge in [-0.15, -0.1) is 0 Å². The molecule has 0 aliphatic rings. The second-order valence-electron chi connectivity index (χ2n) is 6.01. The quantitative estimate of drug-likeness (QED) is 0.506. The Morgan fingerprint density at radius 2 is 1.52 bits per heavy atom. The third-order valence-electron chi connectivity index (χ3n) is 4.24. The average molecular weight is 376 g/mol. The molecular weight excluding hydrogens is 361 g/mol. The fourth-order valence-electron chi connectivity index (χ4n) is 2.88. The standard InChI is InChI=1S/C21H15FN3OS/c22-18-7-5-15(6-8-18)19-20(16-9-11-23-12-10-16)25-21(24-19)17-3-1-14(2-4-17)13-27-26/h1-12H,13H2,(H,24,25)/q+1. The van der Waals surface area contributed by atoms with E-state index >= 15 is 0 Å². The third-order valence-corrected chi connectivity index (χ3v) is 4.69. The number of pyridine rings is 1. The van der Waals surface area contributed by atoms with Crippen LogP contribution >= 0.6 is 0 Å². The minimum Gasteiger partial charge on any atom is -0.337 e. The van der Waals surface area contributed by atoms with Gasteiger partial charge in [0.15, 0.2) is 0 Å². The first-order chi connectivity index (χ1) is 13.2. The minimum absolute atomic E-state index is 0.285. The molecule has 0 unspecified atom stereocenters. The predicted octanol–water partition coefficient (Wildman–Crippen LogP) is 4.87. The molecule has 27 heavy (non-hydrogen) atoms. The van der Waals surface area contributed by atoms with E-state index in [-0.39, 0.29) is 5.82 Å². The van der Waals surface area contributed by atoms with Gasteiger partial charge < -0.3 is 4.98 Å². The summed E-state index contributed by atoms with van der Waals surface area (Å²) in [4.78, 5) is 12.2. The minimum atomic E-state index is -0.285. The van der Waals surface area contributed by atoms with E-state index in [1.165, 1.54) is 12.1 Å². The van der Waals surface area contributed by atoms with Crippen LogP contribution in [0.4, 0.5) is 4.39 Å². The lowest BCUT2D eigenvalue weighted by atomic mass is 10.1. The summed E-state index contributed by atoms with van der Waals surface area (Å²) < 4.78 is 24.0. The number of benzene rings is 2. The Hall–Kier alpha value is -3.25. The largest absolute Gasteiger partial charge is 0.463 e. The van der Waals surface area contributed by atoms with Crippen LogP contribution in [0.15, 0.2) is 73.1 Å². The van der Waals surface area contributed by atoms with E-state index in [1.54, 1.807) is 24.5 Å². The number of hydrogen-bond donors (Lipinski definition) is 1. The molecule has 0 aliphatic carbocycles. The molecular formula is C21H15FN3OS+. The van der Waals surface area contributed by atoms with Crippen LogP contribution in [0.25, 0.3) is 33.9 Å². The maximum atomic E-state index is 13.3. The molecule has 2 heterocycles. The zero-order valence-electron chi connectivity index (χ0n) is 14.2. The van der Waals surface area contributed by atoms with Crippen LogP contribution in [-0.2, 0) is 21.6 Å². The van der Waals surface area contributed by atoms with Crippen LogP contribution in [0.2, 0.25) is 0 Å². The van der Waals surface area contributed by atoms with Gasteiger partial charge in [0.2, 0.25) is 0 Å². The maximum Gasteiger partial charge on any atom is 0.463 e. The summed E-state index contributed by atoms with van der Waals surface area (Å²) in [6.45, 7) is 0. The van der Waals surface area contributed by atoms with Crippen molar-refractivity contribution in [3.05, 3.63) is 84.4 Å². The van der Waals surface area contributed by atoms with E-state index in [9.17, 15) is 8.60 Å². The van der Waals surface area contributed by atoms with Gasteiger partial charge in [-0.25, -0.2) is 9.37 Å². The van der Waals surface area contributed by atoms with Gasteiger partial charge in [0.25, 0.3) is 5.75 Å². The van der Waals surface area contributed by atoms with Crippen molar-refractivity contribution in [1.82, 2.24) is 15.0 Å². The molecule has 0 aliphatic heterocycles. The van der Waals surface area contributed by atoms with Crippen molar-refractivity contribution in [2.45, 2.75) is 5.75 Å². The van der Waals surface area contributed by atoms with Crippen LogP contribution < -0.4 is 0 Å². The highest BCUT2D eigenvalue weighted by Crippen LogP contribution is 2.32. The molecule has 0 saturated carbocycles. The lowest BCUT2D eigenvalue weighted by Gasteiger charge is -2.02. The Bertz CT molecular complexity index is 1060. The highest BCUT2D eigenvalue weighted by molar-refractivity contribution is 7.64. The number of halogens is 1. The van der Waals surface area contributed by atoms with Crippen LogP contribution in [0, 0.1) is 5.82 Å². The Balaban J connectivity index is 1.82. The molecule has 1 N–H and O–H groups in total. The fraction of sp³-hybridized carbons (Fsp3) is 0.0476. The zero-order chi connectivity index (χ0) is 18.6. The molecule has 0 radical (unpaired) electrons. The van der Waals surface area contributed by atoms with E-state index < -0.39 is 0 Å². The van der Waals surface area contributed by atoms with E-state index in [1.807, 2.05) is 36.4 Å². The molecule has 0 atom stereocenters. The fourth-order valence-corrected chi connectivity index (χ4v) is 3.21. The number of nitrogens with one attached hydrogen (secondary N) is 1. The summed E-state index contributed by atoms with van der Waals surface area (Å²) in [6.07, 6.45) is 3.44. The van der Waals surface area contributed by atoms with Gasteiger partial charge in [-0.1, -0.05) is 24.3 Å². The Kier molecular flexibility index (Phi) is 4.80. The maximum absolute atomic E-state index is 13.3. The molecule has 2 aromatic carbocycles. The first-order valence-corrected chi connectivity index (χ1v) is 9.26. The van der Waals surface area contributed by atoms with Crippen molar-refractivity contribution in [1.29, 1.82) is 0 Å². The molecule has 4 rings (SSSR count). The Labute approximate surface area is 159 Å². The summed E-state index contributed by atoms with van der Waals surface area (Å²) in [7, 11) is 0. The highest BCUT2D eigenvalue weighted by atomic mass is 32.1. The molecule has 0 saturated heterocycles. The van der Waals surface area contributed by atoms with Crippen molar-refractivity contribution >= 4 is 11.7 Å². The summed E-state index contributed by atoms with van der Waals surface area (Å²) in [6, 6.07) is 17.8. The SMILES string of the molecule is O=[S+]Cc1ccc(-c2nc(-c3ccc(F)cc3)c(-c3ccncc3)[nH]2)cc1. The number of rotatable bonds is 5. The normalized spacial score (nSPS) is 10.7. The van der Waals surface area contributed by atoms with Crippen molar-refractivity contribution < 1.29 is 8.60 Å². The lowest BCUT2D eigenvalue weighted by molar-refractivity contribution is 0.604. The second-order valence-corrected chi connectivity index (χ2v) is 6.54. The average Bonchev–Trinajstić information content (AvgIpc) is 3.15. The van der Waals surface area contributed by atoms with Gasteiger partial charge in [-0.2, -0.15) is 0 Å². The van der Waals surface area contributed by atoms with Crippen molar-refractivity contribution in [3.8, 4) is 33.9 Å². The van der Waals surface area contributed by atoms with Crippen molar-refractivity contribution in [2.24, 2.45) is 0 Å². The van der Waals surface area contributed by atoms with Gasteiger partial charge in [0.1, 0.15) is 11.6 Å². The molecule has 0 amide bonds. The molecule has 4 nitrogen and oxygen atoms in total. The number of imidazole rings is 1. The summed E-state index contributed by atoms with van der Waals surface area (Å²) in [5, 5.41) is 0. The molecule has 0 spiro atoms. The molecule has 4 aromatic rings. The van der Waals surface area contributed by atoms with Gasteiger partial charge in [0, 0.05) is 38.9 Å². The number of hydrogen-bond acceptors (Lipinski definition) is 3. The zero-order valence-corrected chi connectivity index (χ0v) is 15.0. The summed E-state index contributed by atoms with van der Waals surface area (Å²) >= 11 is 0.549. The topological polar surface area (TPSA) is 58.6 Å². The van der Waals surface area contributed by atoms with E-state index in [0.29, 0.717) is 23.2 Å². The molecule has 0 fully saturated rings. The van der Waals surface area contributed by atoms with E-state index in [2.05, 4.69) is 9.97 Å². The number of aromatic amines is 1. The van der Waals surface area contributed by atoms with E-state index in [4.69, 9.17) is 4.98 Å². The molecule has 6 heteroatoms. The third kappa shape index (κ3) is 3.66. The summed E-state index contributed by atoms with van der Waals surface area (Å²) in [5.41, 5.74) is 5.25. The molecule has 2 aromatic heterocycles. The Morgan fingerprint density at radius 1 is 0.852 bits per heavy atom. The first kappa shape index (κ1) is 17.2. The van der Waals surface area contributed by atoms with Crippen LogP contribution in [-0.4, -0.2) is 15.0 Å². The Morgan fingerprint density at radius 3 is 2.19 bits per heavy atom. The van der Waals surface area contributed by atoms with Crippen molar-refractivity contribution in [3.63, 3.8) is 0 Å². The molecule has 132 valence electrons. The number of nitrogens with zero attached hydrogens (tertiary/aromatic N) is 2. The molecule has 0 bridgehead atoms. The first-order valence-electron chi connectivity index (χ1n) is 8.35. The van der Waals surface area contributed by atoms with E-state index in [0.717, 1.165) is 33.6 Å². The smallest absolute Gasteiger partial charge is 0.337 e. The van der Waals surface area contributed by atoms with Gasteiger partial charge in [-0.3, -0.25) is 4.98 Å². The van der Waals surface area contributed by atoms with Gasteiger partial charge in [-0.05, 0) is 36.4 Å². The predicted molar refractivity (Wildman–Crippen MR) is 104 cm³/mol.